The molecule has 2 atom stereocenters. The number of ether oxygens (including phenoxy) is 1. The van der Waals surface area contributed by atoms with Crippen LogP contribution >= 0.6 is 0 Å². The minimum atomic E-state index is -0.664. The lowest BCUT2D eigenvalue weighted by molar-refractivity contribution is -0.143. The predicted molar refractivity (Wildman–Crippen MR) is 329 cm³/mol. The average molecular weight is 1050 g/mol. The van der Waals surface area contributed by atoms with Crippen LogP contribution in [0.1, 0.15) is 367 Å². The van der Waals surface area contributed by atoms with Gasteiger partial charge in [0, 0.05) is 12.8 Å². The molecule has 1 amide bonds. The summed E-state index contributed by atoms with van der Waals surface area (Å²) in [5.74, 6) is -0.0304. The lowest BCUT2D eigenvalue weighted by Gasteiger charge is -2.22. The number of hydrogen-bond acceptors (Lipinski definition) is 5. The number of amides is 1. The van der Waals surface area contributed by atoms with E-state index in [-0.39, 0.29) is 18.5 Å². The Bertz CT molecular complexity index is 1210. The minimum Gasteiger partial charge on any atom is -0.466 e. The SMILES string of the molecule is CCC/C=C\C/C=C\CCCCCCCC(=O)OCCCCCCCCCCCCCC/C=C\CCCCCCCCCCCCCCCC(=O)NC(CO)C(O)CCCCCCCCCCCCCCCCCC. The maximum Gasteiger partial charge on any atom is 0.305 e. The number of aliphatic hydroxyl groups is 2. The average Bonchev–Trinajstić information content (AvgIpc) is 3.41. The summed E-state index contributed by atoms with van der Waals surface area (Å²) in [6.45, 7) is 4.91. The topological polar surface area (TPSA) is 95.9 Å². The second-order valence-electron chi connectivity index (χ2n) is 23.1. The molecule has 0 aromatic carbocycles. The third-order valence-electron chi connectivity index (χ3n) is 15.6. The van der Waals surface area contributed by atoms with Crippen molar-refractivity contribution >= 4 is 11.9 Å². The Morgan fingerprint density at radius 3 is 1.08 bits per heavy atom. The molecule has 0 aliphatic rings. The van der Waals surface area contributed by atoms with Gasteiger partial charge < -0.3 is 20.3 Å². The summed E-state index contributed by atoms with van der Waals surface area (Å²) in [6.07, 6.45) is 81.8. The van der Waals surface area contributed by atoms with E-state index in [2.05, 4.69) is 55.6 Å². The summed E-state index contributed by atoms with van der Waals surface area (Å²) in [4.78, 5) is 24.5. The van der Waals surface area contributed by atoms with Crippen LogP contribution in [0.4, 0.5) is 0 Å². The zero-order chi connectivity index (χ0) is 54.3. The first-order chi connectivity index (χ1) is 37.0. The summed E-state index contributed by atoms with van der Waals surface area (Å²) < 4.78 is 5.47. The largest absolute Gasteiger partial charge is 0.466 e. The summed E-state index contributed by atoms with van der Waals surface area (Å²) >= 11 is 0. The van der Waals surface area contributed by atoms with Crippen LogP contribution in [0.2, 0.25) is 0 Å². The molecule has 0 aliphatic heterocycles. The van der Waals surface area contributed by atoms with E-state index in [4.69, 9.17) is 4.74 Å². The van der Waals surface area contributed by atoms with Crippen LogP contribution in [-0.2, 0) is 14.3 Å². The number of carbonyl (C=O) groups excluding carboxylic acids is 2. The highest BCUT2D eigenvalue weighted by Crippen LogP contribution is 2.18. The van der Waals surface area contributed by atoms with E-state index in [0.717, 1.165) is 51.4 Å². The van der Waals surface area contributed by atoms with Gasteiger partial charge in [-0.25, -0.2) is 0 Å². The van der Waals surface area contributed by atoms with E-state index < -0.39 is 12.1 Å². The van der Waals surface area contributed by atoms with Crippen LogP contribution in [-0.4, -0.2) is 47.4 Å². The third kappa shape index (κ3) is 61.2. The van der Waals surface area contributed by atoms with E-state index in [9.17, 15) is 19.8 Å². The molecule has 0 fully saturated rings. The van der Waals surface area contributed by atoms with Gasteiger partial charge >= 0.3 is 5.97 Å². The van der Waals surface area contributed by atoms with Gasteiger partial charge in [0.2, 0.25) is 5.91 Å². The van der Waals surface area contributed by atoms with Gasteiger partial charge in [0.1, 0.15) is 0 Å². The molecule has 0 saturated carbocycles. The van der Waals surface area contributed by atoms with Gasteiger partial charge in [-0.1, -0.05) is 314 Å². The Labute approximate surface area is 468 Å². The Morgan fingerprint density at radius 1 is 0.373 bits per heavy atom. The molecule has 0 rings (SSSR count). The number of nitrogens with one attached hydrogen (secondary N) is 1. The quantitative estimate of drug-likeness (QED) is 0.0320. The van der Waals surface area contributed by atoms with Crippen LogP contribution in [0.3, 0.4) is 0 Å². The van der Waals surface area contributed by atoms with Crippen LogP contribution in [0, 0.1) is 0 Å². The second-order valence-corrected chi connectivity index (χ2v) is 23.1. The van der Waals surface area contributed by atoms with Crippen molar-refractivity contribution in [2.75, 3.05) is 13.2 Å². The number of carbonyl (C=O) groups is 2. The van der Waals surface area contributed by atoms with Crippen molar-refractivity contribution < 1.29 is 24.5 Å². The Hall–Kier alpha value is -1.92. The van der Waals surface area contributed by atoms with Crippen molar-refractivity contribution in [3.63, 3.8) is 0 Å². The molecule has 75 heavy (non-hydrogen) atoms. The number of rotatable bonds is 63. The fourth-order valence-corrected chi connectivity index (χ4v) is 10.5. The lowest BCUT2D eigenvalue weighted by atomic mass is 10.0. The van der Waals surface area contributed by atoms with E-state index in [1.165, 1.54) is 283 Å². The first-order valence-electron chi connectivity index (χ1n) is 33.7. The summed E-state index contributed by atoms with van der Waals surface area (Å²) in [6, 6.07) is -0.541. The Morgan fingerprint density at radius 2 is 0.693 bits per heavy atom. The number of hydrogen-bond donors (Lipinski definition) is 3. The maximum absolute atomic E-state index is 12.5. The third-order valence-corrected chi connectivity index (χ3v) is 15.6. The van der Waals surface area contributed by atoms with Gasteiger partial charge in [-0.15, -0.1) is 0 Å². The fourth-order valence-electron chi connectivity index (χ4n) is 10.5. The molecule has 0 aliphatic carbocycles. The first-order valence-corrected chi connectivity index (χ1v) is 33.7. The van der Waals surface area contributed by atoms with Crippen LogP contribution in [0.25, 0.3) is 0 Å². The van der Waals surface area contributed by atoms with E-state index in [1.807, 2.05) is 0 Å². The van der Waals surface area contributed by atoms with Crippen molar-refractivity contribution in [2.24, 2.45) is 0 Å². The van der Waals surface area contributed by atoms with Crippen molar-refractivity contribution in [3.05, 3.63) is 36.5 Å². The molecule has 0 saturated heterocycles. The molecule has 0 heterocycles. The molecule has 442 valence electrons. The Balaban J connectivity index is 3.37. The zero-order valence-electron chi connectivity index (χ0n) is 50.5. The molecule has 6 heteroatoms. The number of esters is 1. The smallest absolute Gasteiger partial charge is 0.305 e. The second kappa shape index (κ2) is 64.6. The van der Waals surface area contributed by atoms with Gasteiger partial charge in [0.05, 0.1) is 25.4 Å². The summed E-state index contributed by atoms with van der Waals surface area (Å²) in [5.41, 5.74) is 0. The van der Waals surface area contributed by atoms with Crippen molar-refractivity contribution in [1.82, 2.24) is 5.32 Å². The molecule has 0 aromatic heterocycles. The van der Waals surface area contributed by atoms with Gasteiger partial charge in [0.25, 0.3) is 0 Å². The summed E-state index contributed by atoms with van der Waals surface area (Å²) in [7, 11) is 0. The molecule has 6 nitrogen and oxygen atoms in total. The molecule has 0 spiro atoms. The monoisotopic (exact) mass is 1050 g/mol. The highest BCUT2D eigenvalue weighted by Gasteiger charge is 2.20. The number of unbranched alkanes of at least 4 members (excludes halogenated alkanes) is 46. The highest BCUT2D eigenvalue weighted by molar-refractivity contribution is 5.76. The van der Waals surface area contributed by atoms with Gasteiger partial charge in [-0.3, -0.25) is 9.59 Å². The summed E-state index contributed by atoms with van der Waals surface area (Å²) in [5, 5.41) is 23.3. The van der Waals surface area contributed by atoms with Gasteiger partial charge in [-0.05, 0) is 77.0 Å². The molecule has 3 N–H and O–H groups in total. The van der Waals surface area contributed by atoms with E-state index >= 15 is 0 Å². The molecular weight excluding hydrogens is 923 g/mol. The van der Waals surface area contributed by atoms with Gasteiger partial charge in [-0.2, -0.15) is 0 Å². The van der Waals surface area contributed by atoms with Gasteiger partial charge in [0.15, 0.2) is 0 Å². The maximum atomic E-state index is 12.5. The van der Waals surface area contributed by atoms with E-state index in [0.29, 0.717) is 25.9 Å². The first kappa shape index (κ1) is 73.1. The van der Waals surface area contributed by atoms with Crippen molar-refractivity contribution in [1.29, 1.82) is 0 Å². The van der Waals surface area contributed by atoms with Crippen molar-refractivity contribution in [2.45, 2.75) is 379 Å². The molecular formula is C69H131NO5. The predicted octanol–water partition coefficient (Wildman–Crippen LogP) is 21.5. The highest BCUT2D eigenvalue weighted by atomic mass is 16.5. The van der Waals surface area contributed by atoms with E-state index in [1.54, 1.807) is 0 Å². The zero-order valence-corrected chi connectivity index (χ0v) is 50.5. The Kier molecular flexibility index (Phi) is 63.0. The normalized spacial score (nSPS) is 12.7. The van der Waals surface area contributed by atoms with Crippen LogP contribution < -0.4 is 5.32 Å². The lowest BCUT2D eigenvalue weighted by Crippen LogP contribution is -2.45. The molecule has 0 bridgehead atoms. The van der Waals surface area contributed by atoms with Crippen molar-refractivity contribution in [3.8, 4) is 0 Å². The number of aliphatic hydroxyl groups excluding tert-OH is 2. The van der Waals surface area contributed by atoms with Crippen LogP contribution in [0.5, 0.6) is 0 Å². The molecule has 0 radical (unpaired) electrons. The standard InChI is InChI=1S/C69H131NO5/c1-3-5-7-9-11-13-15-17-18-34-38-41-45-49-53-57-61-67(72)66(65-71)70-68(73)62-58-54-50-46-42-39-35-32-30-28-26-24-22-20-19-21-23-25-27-29-31-33-36-40-44-48-52-56-60-64-75-69(74)63-59-55-51-47-43-37-16-14-12-10-8-6-4-2/h8,10,14,16,19,21,66-67,71-72H,3-7,9,11-13,15,17-18,20,22-65H2,1-2H3,(H,70,73)/b10-8-,16-14-,21-19-. The number of allylic oxidation sites excluding steroid dienone is 6. The van der Waals surface area contributed by atoms with Crippen LogP contribution in [0.15, 0.2) is 36.5 Å². The fraction of sp³-hybridized carbons (Fsp3) is 0.884. The molecule has 2 unspecified atom stereocenters. The minimum absolute atomic E-state index is 0.00127. The molecule has 0 aromatic rings.